The Hall–Kier alpha value is -2.26. The molecule has 9 heteroatoms. The van der Waals surface area contributed by atoms with E-state index in [1.165, 1.54) is 23.2 Å². The number of aryl methyl sites for hydroxylation is 2. The Balaban J connectivity index is 1.70. The number of amides is 1. The van der Waals surface area contributed by atoms with E-state index in [0.717, 1.165) is 16.8 Å². The van der Waals surface area contributed by atoms with Crippen molar-refractivity contribution in [3.05, 3.63) is 40.4 Å². The van der Waals surface area contributed by atoms with Crippen molar-refractivity contribution in [3.8, 4) is 0 Å². The van der Waals surface area contributed by atoms with Crippen molar-refractivity contribution in [2.45, 2.75) is 33.8 Å². The molecule has 1 saturated heterocycles. The Bertz CT molecular complexity index is 1010. The van der Waals surface area contributed by atoms with E-state index < -0.39 is 21.7 Å². The van der Waals surface area contributed by atoms with Crippen LogP contribution < -0.4 is 4.90 Å². The van der Waals surface area contributed by atoms with Crippen LogP contribution in [0.5, 0.6) is 0 Å². The van der Waals surface area contributed by atoms with E-state index in [4.69, 9.17) is 4.74 Å². The average molecular weight is 423 g/mol. The molecule has 1 aliphatic rings. The Morgan fingerprint density at radius 3 is 2.64 bits per heavy atom. The maximum atomic E-state index is 12.2. The number of rotatable bonds is 5. The zero-order valence-electron chi connectivity index (χ0n) is 16.0. The number of hydrogen-bond donors (Lipinski definition) is 0. The van der Waals surface area contributed by atoms with Crippen molar-refractivity contribution in [2.24, 2.45) is 5.92 Å². The number of aromatic nitrogens is 1. The fraction of sp³-hybridized carbons (Fsp3) is 0.421. The average Bonchev–Trinajstić information content (AvgIpc) is 3.22. The van der Waals surface area contributed by atoms with Gasteiger partial charge in [0, 0.05) is 12.3 Å². The number of esters is 1. The third kappa shape index (κ3) is 4.59. The number of anilines is 2. The van der Waals surface area contributed by atoms with Gasteiger partial charge in [0.15, 0.2) is 15.0 Å². The van der Waals surface area contributed by atoms with Crippen molar-refractivity contribution in [3.63, 3.8) is 0 Å². The molecule has 0 radical (unpaired) electrons. The number of ether oxygens (including phenoxy) is 1. The van der Waals surface area contributed by atoms with Crippen LogP contribution in [0.15, 0.2) is 23.6 Å². The van der Waals surface area contributed by atoms with Crippen LogP contribution in [0.2, 0.25) is 0 Å². The van der Waals surface area contributed by atoms with Gasteiger partial charge in [-0.1, -0.05) is 6.07 Å². The summed E-state index contributed by atoms with van der Waals surface area (Å²) in [5, 5.41) is 2.22. The lowest BCUT2D eigenvalue weighted by atomic mass is 10.1. The first-order chi connectivity index (χ1) is 13.2. The lowest BCUT2D eigenvalue weighted by molar-refractivity contribution is -0.149. The van der Waals surface area contributed by atoms with Gasteiger partial charge < -0.3 is 4.74 Å². The molecule has 1 aliphatic heterocycles. The van der Waals surface area contributed by atoms with Gasteiger partial charge in [0.1, 0.15) is 6.61 Å². The van der Waals surface area contributed by atoms with Crippen molar-refractivity contribution in [2.75, 3.05) is 16.4 Å². The highest BCUT2D eigenvalue weighted by atomic mass is 32.2. The number of carbonyl (C=O) groups is 2. The standard InChI is InChI=1S/C19H22N2O5S2/c1-12-4-5-17(8-13(12)2)21(14(3)22)19-20-16(10-27-19)9-26-18(23)15-6-7-28(24,25)11-15/h4-5,8,10,15H,6-7,9,11H2,1-3H3/t15-/m1/s1. The van der Waals surface area contributed by atoms with Crippen LogP contribution in [0.1, 0.15) is 30.2 Å². The molecular formula is C19H22N2O5S2. The Morgan fingerprint density at radius 2 is 2.04 bits per heavy atom. The molecule has 150 valence electrons. The van der Waals surface area contributed by atoms with Gasteiger partial charge in [-0.2, -0.15) is 0 Å². The topological polar surface area (TPSA) is 93.6 Å². The van der Waals surface area contributed by atoms with Crippen LogP contribution in [-0.2, 0) is 30.8 Å². The van der Waals surface area contributed by atoms with Crippen LogP contribution >= 0.6 is 11.3 Å². The van der Waals surface area contributed by atoms with Gasteiger partial charge in [-0.3, -0.25) is 14.5 Å². The molecule has 0 saturated carbocycles. The molecule has 1 amide bonds. The predicted molar refractivity (Wildman–Crippen MR) is 107 cm³/mol. The van der Waals surface area contributed by atoms with E-state index in [2.05, 4.69) is 4.98 Å². The molecule has 0 bridgehead atoms. The monoisotopic (exact) mass is 422 g/mol. The first kappa shape index (κ1) is 20.5. The highest BCUT2D eigenvalue weighted by molar-refractivity contribution is 7.91. The molecule has 0 N–H and O–H groups in total. The minimum Gasteiger partial charge on any atom is -0.459 e. The molecule has 1 aromatic heterocycles. The number of hydrogen-bond acceptors (Lipinski definition) is 7. The summed E-state index contributed by atoms with van der Waals surface area (Å²) in [5.41, 5.74) is 3.45. The van der Waals surface area contributed by atoms with Gasteiger partial charge in [0.2, 0.25) is 5.91 Å². The Kier molecular flexibility index (Phi) is 5.85. The number of thiazole rings is 1. The number of benzene rings is 1. The third-order valence-corrected chi connectivity index (χ3v) is 7.37. The molecule has 7 nitrogen and oxygen atoms in total. The van der Waals surface area contributed by atoms with Crippen LogP contribution in [0.3, 0.4) is 0 Å². The predicted octanol–water partition coefficient (Wildman–Crippen LogP) is 2.92. The lowest BCUT2D eigenvalue weighted by Gasteiger charge is -2.19. The zero-order chi connectivity index (χ0) is 20.5. The second-order valence-corrected chi connectivity index (χ2v) is 10.0. The molecule has 1 atom stereocenters. The summed E-state index contributed by atoms with van der Waals surface area (Å²) in [6.45, 7) is 5.40. The van der Waals surface area contributed by atoms with Crippen LogP contribution in [0, 0.1) is 19.8 Å². The highest BCUT2D eigenvalue weighted by Crippen LogP contribution is 2.30. The summed E-state index contributed by atoms with van der Waals surface area (Å²) in [5.74, 6) is -1.42. The maximum Gasteiger partial charge on any atom is 0.310 e. The molecule has 3 rings (SSSR count). The summed E-state index contributed by atoms with van der Waals surface area (Å²) in [6.07, 6.45) is 0.300. The third-order valence-electron chi connectivity index (χ3n) is 4.72. The van der Waals surface area contributed by atoms with Crippen molar-refractivity contribution in [1.29, 1.82) is 0 Å². The summed E-state index contributed by atoms with van der Waals surface area (Å²) in [7, 11) is -3.14. The van der Waals surface area contributed by atoms with Crippen LogP contribution in [-0.4, -0.2) is 36.8 Å². The first-order valence-corrected chi connectivity index (χ1v) is 11.6. The van der Waals surface area contributed by atoms with Crippen LogP contribution in [0.25, 0.3) is 0 Å². The van der Waals surface area contributed by atoms with Gasteiger partial charge in [0.05, 0.1) is 28.8 Å². The summed E-state index contributed by atoms with van der Waals surface area (Å²) in [4.78, 5) is 30.2. The second kappa shape index (κ2) is 8.00. The molecule has 2 heterocycles. The van der Waals surface area contributed by atoms with E-state index in [0.29, 0.717) is 17.2 Å². The maximum absolute atomic E-state index is 12.2. The molecule has 0 aliphatic carbocycles. The number of carbonyl (C=O) groups excluding carboxylic acids is 2. The summed E-state index contributed by atoms with van der Waals surface area (Å²) in [6, 6.07) is 5.75. The molecule has 0 unspecified atom stereocenters. The van der Waals surface area contributed by atoms with E-state index in [1.54, 1.807) is 5.38 Å². The zero-order valence-corrected chi connectivity index (χ0v) is 17.6. The smallest absolute Gasteiger partial charge is 0.310 e. The van der Waals surface area contributed by atoms with Gasteiger partial charge in [-0.15, -0.1) is 11.3 Å². The molecular weight excluding hydrogens is 400 g/mol. The van der Waals surface area contributed by atoms with Gasteiger partial charge in [0.25, 0.3) is 0 Å². The van der Waals surface area contributed by atoms with Crippen LogP contribution in [0.4, 0.5) is 10.8 Å². The first-order valence-electron chi connectivity index (χ1n) is 8.86. The normalized spacial score (nSPS) is 18.0. The van der Waals surface area contributed by atoms with Gasteiger partial charge in [-0.05, 0) is 43.5 Å². The largest absolute Gasteiger partial charge is 0.459 e. The molecule has 1 fully saturated rings. The van der Waals surface area contributed by atoms with E-state index in [9.17, 15) is 18.0 Å². The lowest BCUT2D eigenvalue weighted by Crippen LogP contribution is -2.23. The minimum absolute atomic E-state index is 0.0250. The Morgan fingerprint density at radius 1 is 1.29 bits per heavy atom. The van der Waals surface area contributed by atoms with Crippen molar-refractivity contribution < 1.29 is 22.7 Å². The van der Waals surface area contributed by atoms with Crippen molar-refractivity contribution in [1.82, 2.24) is 4.98 Å². The van der Waals surface area contributed by atoms with E-state index in [-0.39, 0.29) is 24.0 Å². The second-order valence-electron chi connectivity index (χ2n) is 6.95. The summed E-state index contributed by atoms with van der Waals surface area (Å²) < 4.78 is 28.2. The van der Waals surface area contributed by atoms with E-state index >= 15 is 0 Å². The molecule has 28 heavy (non-hydrogen) atoms. The highest BCUT2D eigenvalue weighted by Gasteiger charge is 2.34. The number of sulfone groups is 1. The van der Waals surface area contributed by atoms with Gasteiger partial charge >= 0.3 is 5.97 Å². The van der Waals surface area contributed by atoms with E-state index in [1.807, 2.05) is 32.0 Å². The summed E-state index contributed by atoms with van der Waals surface area (Å²) >= 11 is 1.28. The fourth-order valence-corrected chi connectivity index (χ4v) is 5.60. The molecule has 0 spiro atoms. The minimum atomic E-state index is -3.14. The van der Waals surface area contributed by atoms with Gasteiger partial charge in [-0.25, -0.2) is 13.4 Å². The quantitative estimate of drug-likeness (QED) is 0.688. The molecule has 1 aromatic carbocycles. The number of nitrogens with zero attached hydrogens (tertiary/aromatic N) is 2. The van der Waals surface area contributed by atoms with Crippen molar-refractivity contribution >= 4 is 43.9 Å². The SMILES string of the molecule is CC(=O)N(c1ccc(C)c(C)c1)c1nc(COC(=O)[C@@H]2CCS(=O)(=O)C2)cs1. The molecule has 2 aromatic rings. The Labute approximate surface area is 168 Å². The fourth-order valence-electron chi connectivity index (χ4n) is 3.00.